The second kappa shape index (κ2) is 7.11. The van der Waals surface area contributed by atoms with E-state index in [0.29, 0.717) is 17.9 Å². The molecule has 4 aromatic rings. The summed E-state index contributed by atoms with van der Waals surface area (Å²) in [5.41, 5.74) is 9.02. The number of piperidine rings is 1. The predicted octanol–water partition coefficient (Wildman–Crippen LogP) is 4.15. The fraction of sp³-hybridized carbons (Fsp3) is 0.261. The van der Waals surface area contributed by atoms with Gasteiger partial charge in [-0.2, -0.15) is 5.10 Å². The van der Waals surface area contributed by atoms with Gasteiger partial charge in [-0.05, 0) is 49.6 Å². The SMILES string of the molecule is Nc1ncnc2c1c(-c1ccc(Sc3ccccc3)cc1)nn2C1CC2CNC1C2. The van der Waals surface area contributed by atoms with E-state index in [-0.39, 0.29) is 0 Å². The minimum atomic E-state index is 0.321. The molecule has 3 unspecified atom stereocenters. The van der Waals surface area contributed by atoms with Crippen LogP contribution >= 0.6 is 11.8 Å². The van der Waals surface area contributed by atoms with Crippen LogP contribution in [0.4, 0.5) is 5.82 Å². The number of hydrogen-bond acceptors (Lipinski definition) is 6. The highest BCUT2D eigenvalue weighted by Crippen LogP contribution is 2.42. The predicted molar refractivity (Wildman–Crippen MR) is 119 cm³/mol. The minimum absolute atomic E-state index is 0.321. The molecule has 0 radical (unpaired) electrons. The zero-order chi connectivity index (χ0) is 20.1. The number of nitrogens with two attached hydrogens (primary N) is 1. The van der Waals surface area contributed by atoms with E-state index in [1.807, 2.05) is 6.07 Å². The number of anilines is 1. The van der Waals surface area contributed by atoms with Gasteiger partial charge in [0, 0.05) is 21.4 Å². The third kappa shape index (κ3) is 2.97. The Balaban J connectivity index is 1.39. The van der Waals surface area contributed by atoms with Crippen LogP contribution in [0.5, 0.6) is 0 Å². The molecule has 6 nitrogen and oxygen atoms in total. The molecule has 3 heterocycles. The molecule has 30 heavy (non-hydrogen) atoms. The van der Waals surface area contributed by atoms with Crippen LogP contribution in [0.25, 0.3) is 22.3 Å². The Kier molecular flexibility index (Phi) is 4.24. The average molecular weight is 415 g/mol. The van der Waals surface area contributed by atoms with Gasteiger partial charge in [0.25, 0.3) is 0 Å². The molecule has 1 aliphatic carbocycles. The van der Waals surface area contributed by atoms with Gasteiger partial charge >= 0.3 is 0 Å². The largest absolute Gasteiger partial charge is 0.383 e. The summed E-state index contributed by atoms with van der Waals surface area (Å²) in [5, 5.41) is 9.50. The number of nitrogens with one attached hydrogen (secondary N) is 1. The fourth-order valence-corrected chi connectivity index (χ4v) is 5.66. The Hall–Kier alpha value is -2.90. The van der Waals surface area contributed by atoms with Crippen molar-refractivity contribution in [1.29, 1.82) is 0 Å². The topological polar surface area (TPSA) is 81.7 Å². The van der Waals surface area contributed by atoms with Crippen LogP contribution in [0.2, 0.25) is 0 Å². The third-order valence-corrected chi connectivity index (χ3v) is 7.25. The summed E-state index contributed by atoms with van der Waals surface area (Å²) in [4.78, 5) is 11.2. The molecule has 7 heteroatoms. The lowest BCUT2D eigenvalue weighted by atomic mass is 10.1. The minimum Gasteiger partial charge on any atom is -0.383 e. The molecule has 2 aromatic heterocycles. The van der Waals surface area contributed by atoms with E-state index >= 15 is 0 Å². The number of fused-ring (bicyclic) bond motifs is 3. The lowest BCUT2D eigenvalue weighted by molar-refractivity contribution is 0.342. The van der Waals surface area contributed by atoms with E-state index in [0.717, 1.165) is 41.2 Å². The number of rotatable bonds is 4. The molecule has 2 fully saturated rings. The molecule has 3 atom stereocenters. The van der Waals surface area contributed by atoms with Crippen molar-refractivity contribution in [3.8, 4) is 11.3 Å². The molecule has 2 aromatic carbocycles. The number of nitrogen functional groups attached to an aromatic ring is 1. The Morgan fingerprint density at radius 3 is 2.50 bits per heavy atom. The van der Waals surface area contributed by atoms with Crippen molar-refractivity contribution in [2.24, 2.45) is 5.92 Å². The molecular weight excluding hydrogens is 392 g/mol. The van der Waals surface area contributed by atoms with E-state index in [9.17, 15) is 0 Å². The van der Waals surface area contributed by atoms with Crippen LogP contribution in [-0.2, 0) is 0 Å². The molecule has 3 N–H and O–H groups in total. The van der Waals surface area contributed by atoms with Crippen LogP contribution in [0, 0.1) is 5.92 Å². The highest BCUT2D eigenvalue weighted by atomic mass is 32.2. The van der Waals surface area contributed by atoms with E-state index in [2.05, 4.69) is 68.5 Å². The Morgan fingerprint density at radius 1 is 0.967 bits per heavy atom. The van der Waals surface area contributed by atoms with E-state index in [1.54, 1.807) is 18.1 Å². The molecule has 1 aliphatic heterocycles. The molecule has 1 saturated carbocycles. The van der Waals surface area contributed by atoms with Crippen molar-refractivity contribution in [3.05, 3.63) is 60.9 Å². The first kappa shape index (κ1) is 17.9. The summed E-state index contributed by atoms with van der Waals surface area (Å²) >= 11 is 1.75. The Morgan fingerprint density at radius 2 is 1.77 bits per heavy atom. The normalized spacial score (nSPS) is 22.7. The number of hydrogen-bond donors (Lipinski definition) is 2. The monoisotopic (exact) mass is 414 g/mol. The summed E-state index contributed by atoms with van der Waals surface area (Å²) in [5.74, 6) is 1.22. The third-order valence-electron chi connectivity index (χ3n) is 6.23. The summed E-state index contributed by atoms with van der Waals surface area (Å²) < 4.78 is 2.09. The van der Waals surface area contributed by atoms with Crippen LogP contribution in [0.15, 0.2) is 70.7 Å². The van der Waals surface area contributed by atoms with E-state index in [1.165, 1.54) is 16.2 Å². The van der Waals surface area contributed by atoms with E-state index in [4.69, 9.17) is 10.8 Å². The molecular formula is C23H22N6S. The van der Waals surface area contributed by atoms with Gasteiger partial charge in [0.1, 0.15) is 17.8 Å². The van der Waals surface area contributed by atoms with Gasteiger partial charge in [-0.3, -0.25) is 0 Å². The molecule has 0 amide bonds. The number of benzene rings is 2. The van der Waals surface area contributed by atoms with Gasteiger partial charge in [0.05, 0.1) is 11.4 Å². The van der Waals surface area contributed by atoms with Crippen molar-refractivity contribution in [3.63, 3.8) is 0 Å². The molecule has 2 bridgehead atoms. The maximum atomic E-state index is 6.29. The first-order valence-corrected chi connectivity index (χ1v) is 11.1. The average Bonchev–Trinajstić information content (AvgIpc) is 3.50. The molecule has 1 saturated heterocycles. The van der Waals surface area contributed by atoms with Gasteiger partial charge in [-0.1, -0.05) is 42.1 Å². The molecule has 0 spiro atoms. The first-order chi connectivity index (χ1) is 14.8. The van der Waals surface area contributed by atoms with Crippen LogP contribution in [0.1, 0.15) is 18.9 Å². The maximum Gasteiger partial charge on any atom is 0.164 e. The van der Waals surface area contributed by atoms with Crippen molar-refractivity contribution in [2.45, 2.75) is 34.7 Å². The standard InChI is InChI=1S/C23H22N6S/c24-22-20-21(15-6-8-17(9-7-15)30-16-4-2-1-3-5-16)28-29(23(20)27-13-26-22)19-11-14-10-18(19)25-12-14/h1-9,13-14,18-19,25H,10-12H2,(H2,24,26,27). The lowest BCUT2D eigenvalue weighted by Crippen LogP contribution is -2.35. The summed E-state index contributed by atoms with van der Waals surface area (Å²) in [6, 6.07) is 19.7. The van der Waals surface area contributed by atoms with Gasteiger partial charge < -0.3 is 11.1 Å². The van der Waals surface area contributed by atoms with Gasteiger partial charge in [0.2, 0.25) is 0 Å². The maximum absolute atomic E-state index is 6.29. The van der Waals surface area contributed by atoms with E-state index < -0.39 is 0 Å². The van der Waals surface area contributed by atoms with Crippen molar-refractivity contribution in [1.82, 2.24) is 25.1 Å². The van der Waals surface area contributed by atoms with Crippen molar-refractivity contribution < 1.29 is 0 Å². The smallest absolute Gasteiger partial charge is 0.164 e. The van der Waals surface area contributed by atoms with Gasteiger partial charge in [-0.15, -0.1) is 0 Å². The van der Waals surface area contributed by atoms with Crippen LogP contribution < -0.4 is 11.1 Å². The van der Waals surface area contributed by atoms with Crippen LogP contribution in [0.3, 0.4) is 0 Å². The number of nitrogens with zero attached hydrogens (tertiary/aromatic N) is 4. The quantitative estimate of drug-likeness (QED) is 0.522. The number of aromatic nitrogens is 4. The highest BCUT2D eigenvalue weighted by Gasteiger charge is 2.42. The van der Waals surface area contributed by atoms with Crippen molar-refractivity contribution >= 4 is 28.6 Å². The van der Waals surface area contributed by atoms with Gasteiger partial charge in [-0.25, -0.2) is 14.6 Å². The van der Waals surface area contributed by atoms with Crippen LogP contribution in [-0.4, -0.2) is 32.3 Å². The fourth-order valence-electron chi connectivity index (χ4n) is 4.83. The zero-order valence-electron chi connectivity index (χ0n) is 16.4. The first-order valence-electron chi connectivity index (χ1n) is 10.3. The Labute approximate surface area is 178 Å². The summed E-state index contributed by atoms with van der Waals surface area (Å²) in [7, 11) is 0. The molecule has 150 valence electrons. The highest BCUT2D eigenvalue weighted by molar-refractivity contribution is 7.99. The zero-order valence-corrected chi connectivity index (χ0v) is 17.2. The second-order valence-corrected chi connectivity index (χ2v) is 9.26. The molecule has 2 aliphatic rings. The summed E-state index contributed by atoms with van der Waals surface area (Å²) in [6.07, 6.45) is 3.90. The summed E-state index contributed by atoms with van der Waals surface area (Å²) in [6.45, 7) is 1.12. The Bertz CT molecular complexity index is 1200. The second-order valence-electron chi connectivity index (χ2n) is 8.11. The molecule has 6 rings (SSSR count). The lowest BCUT2D eigenvalue weighted by Gasteiger charge is -2.23. The van der Waals surface area contributed by atoms with Gasteiger partial charge in [0.15, 0.2) is 5.65 Å². The van der Waals surface area contributed by atoms with Crippen molar-refractivity contribution in [2.75, 3.05) is 12.3 Å².